The van der Waals surface area contributed by atoms with Crippen molar-refractivity contribution in [1.82, 2.24) is 9.80 Å². The zero-order chi connectivity index (χ0) is 28.6. The molecule has 3 saturated heterocycles. The molecule has 12 heteroatoms. The predicted molar refractivity (Wildman–Crippen MR) is 128 cm³/mol. The number of nitrogens with two attached hydrogens (primary N) is 1. The summed E-state index contributed by atoms with van der Waals surface area (Å²) < 4.78 is 54.3. The minimum atomic E-state index is -2.89. The number of rotatable bonds is 6. The number of hydrogen-bond donors (Lipinski definition) is 1. The number of nitrogens with zero attached hydrogens (tertiary/aromatic N) is 2. The van der Waals surface area contributed by atoms with Gasteiger partial charge in [0, 0.05) is 0 Å². The van der Waals surface area contributed by atoms with Gasteiger partial charge in [-0.2, -0.15) is 0 Å². The average Bonchev–Trinajstić information content (AvgIpc) is 3.17. The van der Waals surface area contributed by atoms with E-state index < -0.39 is 57.3 Å². The number of piperazine rings is 1. The molecule has 11 nitrogen and oxygen atoms in total. The van der Waals surface area contributed by atoms with Gasteiger partial charge in [0.05, 0.1) is 0 Å². The van der Waals surface area contributed by atoms with E-state index in [1.54, 1.807) is 9.80 Å². The van der Waals surface area contributed by atoms with Gasteiger partial charge >= 0.3 is 224 Å². The van der Waals surface area contributed by atoms with Crippen LogP contribution in [-0.2, 0) is 33.3 Å². The number of carbonyl (C=O) groups excluding carboxylic acids is 3. The summed E-state index contributed by atoms with van der Waals surface area (Å²) >= 11 is -0.661. The average molecular weight is 579 g/mol. The molecule has 6 rings (SSSR count). The van der Waals surface area contributed by atoms with Crippen molar-refractivity contribution in [1.29, 1.82) is 0 Å². The Bertz CT molecular complexity index is 1350. The van der Waals surface area contributed by atoms with Gasteiger partial charge in [-0.1, -0.05) is 0 Å². The van der Waals surface area contributed by atoms with Crippen molar-refractivity contribution in [3.8, 4) is 0 Å². The molecule has 1 aromatic rings. The number of amides is 2. The SMILES string of the molecule is [2H]C([2H])([2H])OC1=C([Se]c2ccccc2)C2(OCCO2)C(=O)C2=C1N1C[C@H]3[C@H](N3C(C)=O)[C@]1(OC)[C@@H]2COC(N)=O. The number of carbonyl (C=O) groups is 3. The number of benzene rings is 1. The summed E-state index contributed by atoms with van der Waals surface area (Å²) in [7, 11) is -1.45. The van der Waals surface area contributed by atoms with E-state index in [4.69, 9.17) is 33.5 Å². The second kappa shape index (κ2) is 8.57. The van der Waals surface area contributed by atoms with Crippen LogP contribution < -0.4 is 10.2 Å². The summed E-state index contributed by atoms with van der Waals surface area (Å²) in [6, 6.07) is 8.51. The molecule has 0 aromatic heterocycles. The molecule has 2 N–H and O–H groups in total. The van der Waals surface area contributed by atoms with E-state index in [0.717, 1.165) is 4.46 Å². The van der Waals surface area contributed by atoms with E-state index in [-0.39, 0.29) is 59.8 Å². The van der Waals surface area contributed by atoms with Crippen LogP contribution in [0.15, 0.2) is 51.8 Å². The Kier molecular flexibility index (Phi) is 4.88. The fourth-order valence-corrected chi connectivity index (χ4v) is 8.64. The molecule has 3 fully saturated rings. The maximum absolute atomic E-state index is 14.6. The molecular weight excluding hydrogens is 549 g/mol. The molecule has 2 amide bonds. The molecule has 4 atom stereocenters. The second-order valence-corrected chi connectivity index (χ2v) is 11.5. The summed E-state index contributed by atoms with van der Waals surface area (Å²) in [4.78, 5) is 42.2. The Labute approximate surface area is 223 Å². The first-order valence-electron chi connectivity index (χ1n) is 13.2. The molecule has 0 saturated carbocycles. The standard InChI is InChI=1S/C25H27N3O8Se/c1-13(29)28-16-11-27-18-17(15(12-34-23(26)31)24(27,33-3)20(16)28)21(30)25(35-9-10-36-25)22(19(18)32-2)37-14-7-5-4-6-8-14/h4-8,15-16,20H,9-12H2,1-3H3,(H2,26,31)/t15-,16+,20+,24-,28?/m1/s1/i2D3. The van der Waals surface area contributed by atoms with Crippen molar-refractivity contribution in [2.75, 3.05) is 40.5 Å². The van der Waals surface area contributed by atoms with Gasteiger partial charge in [-0.25, -0.2) is 0 Å². The predicted octanol–water partition coefficient (Wildman–Crippen LogP) is -0.563. The summed E-state index contributed by atoms with van der Waals surface area (Å²) in [5, 5.41) is 0. The van der Waals surface area contributed by atoms with Crippen LogP contribution >= 0.6 is 0 Å². The van der Waals surface area contributed by atoms with Gasteiger partial charge in [0.1, 0.15) is 0 Å². The normalized spacial score (nSPS) is 32.5. The number of methoxy groups -OCH3 is 2. The van der Waals surface area contributed by atoms with E-state index in [9.17, 15) is 14.4 Å². The third-order valence-corrected chi connectivity index (χ3v) is 10.1. The van der Waals surface area contributed by atoms with Crippen LogP contribution in [0.25, 0.3) is 0 Å². The number of fused-ring (bicyclic) bond motifs is 4. The zero-order valence-corrected chi connectivity index (χ0v) is 21.8. The van der Waals surface area contributed by atoms with Crippen molar-refractivity contribution in [2.24, 2.45) is 11.7 Å². The molecule has 1 aliphatic carbocycles. The Morgan fingerprint density at radius 1 is 1.27 bits per heavy atom. The topological polar surface area (TPSA) is 130 Å². The molecule has 1 spiro atoms. The van der Waals surface area contributed by atoms with Crippen LogP contribution in [0.4, 0.5) is 4.79 Å². The van der Waals surface area contributed by atoms with Crippen molar-refractivity contribution in [2.45, 2.75) is 30.5 Å². The van der Waals surface area contributed by atoms with Crippen LogP contribution in [0.5, 0.6) is 0 Å². The third kappa shape index (κ3) is 3.20. The zero-order valence-electron chi connectivity index (χ0n) is 23.1. The van der Waals surface area contributed by atoms with Crippen LogP contribution in [0.1, 0.15) is 11.0 Å². The molecule has 0 radical (unpaired) electrons. The molecule has 1 aromatic carbocycles. The molecule has 37 heavy (non-hydrogen) atoms. The number of ether oxygens (including phenoxy) is 5. The van der Waals surface area contributed by atoms with E-state index >= 15 is 0 Å². The molecular formula is C25H27N3O8Se. The molecule has 196 valence electrons. The minimum absolute atomic E-state index is 0.0565. The number of Topliss-reactive ketones (excluding diaryl/α,β-unsaturated/α-hetero) is 1. The molecule has 0 unspecified atom stereocenters. The van der Waals surface area contributed by atoms with Crippen molar-refractivity contribution in [3.63, 3.8) is 0 Å². The second-order valence-electron chi connectivity index (χ2n) is 9.27. The maximum atomic E-state index is 14.6. The van der Waals surface area contributed by atoms with Gasteiger partial charge in [-0.15, -0.1) is 0 Å². The van der Waals surface area contributed by atoms with Crippen LogP contribution in [-0.4, -0.2) is 107 Å². The Morgan fingerprint density at radius 2 is 2.00 bits per heavy atom. The van der Waals surface area contributed by atoms with Gasteiger partial charge < -0.3 is 0 Å². The molecule has 4 heterocycles. The van der Waals surface area contributed by atoms with E-state index in [2.05, 4.69) is 0 Å². The summed E-state index contributed by atoms with van der Waals surface area (Å²) in [5.41, 5.74) is 4.26. The monoisotopic (exact) mass is 580 g/mol. The van der Waals surface area contributed by atoms with Crippen LogP contribution in [0, 0.1) is 5.92 Å². The van der Waals surface area contributed by atoms with Gasteiger partial charge in [0.2, 0.25) is 0 Å². The van der Waals surface area contributed by atoms with E-state index in [1.165, 1.54) is 14.0 Å². The Balaban J connectivity index is 1.59. The first-order chi connectivity index (χ1) is 19.0. The molecule has 0 bridgehead atoms. The first kappa shape index (κ1) is 21.1. The van der Waals surface area contributed by atoms with Crippen molar-refractivity contribution in [3.05, 3.63) is 51.8 Å². The van der Waals surface area contributed by atoms with Crippen LogP contribution in [0.2, 0.25) is 0 Å². The fraction of sp³-hybridized carbons (Fsp3) is 0.480. The molecule has 5 aliphatic rings. The first-order valence-corrected chi connectivity index (χ1v) is 13.5. The quantitative estimate of drug-likeness (QED) is 0.348. The van der Waals surface area contributed by atoms with E-state index in [1.807, 2.05) is 30.3 Å². The number of hydrogen-bond acceptors (Lipinski definition) is 9. The Morgan fingerprint density at radius 3 is 2.62 bits per heavy atom. The third-order valence-electron chi connectivity index (χ3n) is 7.63. The summed E-state index contributed by atoms with van der Waals surface area (Å²) in [6.45, 7) is 1.50. The summed E-state index contributed by atoms with van der Waals surface area (Å²) in [6.07, 6.45) is -1.06. The summed E-state index contributed by atoms with van der Waals surface area (Å²) in [5.74, 6) is -3.69. The van der Waals surface area contributed by atoms with Crippen molar-refractivity contribution < 1.29 is 42.2 Å². The van der Waals surface area contributed by atoms with Crippen molar-refractivity contribution >= 4 is 37.2 Å². The van der Waals surface area contributed by atoms with Gasteiger partial charge in [-0.05, 0) is 0 Å². The molecule has 4 aliphatic heterocycles. The van der Waals surface area contributed by atoms with E-state index in [0.29, 0.717) is 0 Å². The van der Waals surface area contributed by atoms with Gasteiger partial charge in [0.15, 0.2) is 0 Å². The Hall–Kier alpha value is -2.89. The van der Waals surface area contributed by atoms with Gasteiger partial charge in [0.25, 0.3) is 0 Å². The van der Waals surface area contributed by atoms with Gasteiger partial charge in [-0.3, -0.25) is 0 Å². The fourth-order valence-electron chi connectivity index (χ4n) is 6.32. The number of ketones is 1. The number of primary amides is 1. The van der Waals surface area contributed by atoms with Crippen LogP contribution in [0.3, 0.4) is 0 Å².